The van der Waals surface area contributed by atoms with Crippen molar-refractivity contribution in [1.29, 1.82) is 0 Å². The van der Waals surface area contributed by atoms with Crippen LogP contribution in [-0.4, -0.2) is 33.2 Å². The molecule has 2 aromatic carbocycles. The number of hydrogen-bond acceptors (Lipinski definition) is 3. The minimum atomic E-state index is -0.0945. The number of rotatable bonds is 6. The van der Waals surface area contributed by atoms with Gasteiger partial charge in [0.05, 0.1) is 42.1 Å². The summed E-state index contributed by atoms with van der Waals surface area (Å²) in [6, 6.07) is 11.2. The van der Waals surface area contributed by atoms with Crippen LogP contribution >= 0.6 is 23.2 Å². The molecule has 144 valence electrons. The van der Waals surface area contributed by atoms with Crippen molar-refractivity contribution in [2.24, 2.45) is 0 Å². The Kier molecular flexibility index (Phi) is 6.47. The van der Waals surface area contributed by atoms with Crippen molar-refractivity contribution in [1.82, 2.24) is 0 Å². The summed E-state index contributed by atoms with van der Waals surface area (Å²) >= 11 is 12.2. The number of hydrogen-bond donors (Lipinski definition) is 2. The molecule has 1 aliphatic rings. The van der Waals surface area contributed by atoms with Crippen LogP contribution in [0.15, 0.2) is 36.4 Å². The first kappa shape index (κ1) is 19.8. The molecule has 0 aromatic heterocycles. The van der Waals surface area contributed by atoms with Gasteiger partial charge >= 0.3 is 0 Å². The SMILES string of the molecule is COc1ccc(OC)c([C@@H]2CCC[NH+]2CC(=O)Nc2cccc(Cl)c2Cl)c1. The molecule has 1 heterocycles. The molecule has 5 nitrogen and oxygen atoms in total. The quantitative estimate of drug-likeness (QED) is 0.768. The number of anilines is 1. The van der Waals surface area contributed by atoms with Gasteiger partial charge in [-0.05, 0) is 30.3 Å². The van der Waals surface area contributed by atoms with E-state index in [9.17, 15) is 4.79 Å². The van der Waals surface area contributed by atoms with Crippen molar-refractivity contribution in [3.05, 3.63) is 52.0 Å². The number of quaternary nitrogens is 1. The largest absolute Gasteiger partial charge is 0.497 e. The maximum Gasteiger partial charge on any atom is 0.279 e. The highest BCUT2D eigenvalue weighted by atomic mass is 35.5. The Morgan fingerprint density at radius 2 is 2.04 bits per heavy atom. The molecule has 1 amide bonds. The highest BCUT2D eigenvalue weighted by molar-refractivity contribution is 6.43. The zero-order valence-electron chi connectivity index (χ0n) is 15.4. The topological polar surface area (TPSA) is 52.0 Å². The molecule has 0 radical (unpaired) electrons. The van der Waals surface area contributed by atoms with Gasteiger partial charge in [0.1, 0.15) is 17.5 Å². The third-order valence-corrected chi connectivity index (χ3v) is 5.73. The molecule has 1 aliphatic heterocycles. The number of nitrogens with one attached hydrogen (secondary N) is 2. The molecule has 1 fully saturated rings. The Morgan fingerprint density at radius 1 is 1.22 bits per heavy atom. The third kappa shape index (κ3) is 4.49. The lowest BCUT2D eigenvalue weighted by atomic mass is 10.0. The van der Waals surface area contributed by atoms with Crippen molar-refractivity contribution >= 4 is 34.8 Å². The van der Waals surface area contributed by atoms with E-state index in [1.165, 1.54) is 4.90 Å². The summed E-state index contributed by atoms with van der Waals surface area (Å²) in [6.45, 7) is 1.26. The minimum Gasteiger partial charge on any atom is -0.497 e. The maximum absolute atomic E-state index is 12.6. The second-order valence-electron chi connectivity index (χ2n) is 6.54. The lowest BCUT2D eigenvalue weighted by molar-refractivity contribution is -0.910. The van der Waals surface area contributed by atoms with E-state index in [-0.39, 0.29) is 11.9 Å². The normalized spacial score (nSPS) is 19.0. The Morgan fingerprint density at radius 3 is 2.78 bits per heavy atom. The van der Waals surface area contributed by atoms with Crippen LogP contribution < -0.4 is 19.7 Å². The molecule has 1 saturated heterocycles. The van der Waals surface area contributed by atoms with E-state index in [0.717, 1.165) is 36.4 Å². The summed E-state index contributed by atoms with van der Waals surface area (Å²) in [5.41, 5.74) is 1.60. The number of carbonyl (C=O) groups is 1. The van der Waals surface area contributed by atoms with E-state index in [4.69, 9.17) is 32.7 Å². The van der Waals surface area contributed by atoms with Crippen LogP contribution in [0.3, 0.4) is 0 Å². The standard InChI is InChI=1S/C20H22Cl2N2O3/c1-26-13-8-9-18(27-2)14(11-13)17-7-4-10-24(17)12-19(25)23-16-6-3-5-15(21)20(16)22/h3,5-6,8-9,11,17H,4,7,10,12H2,1-2H3,(H,23,25)/p+1/t17-/m0/s1. The van der Waals surface area contributed by atoms with E-state index >= 15 is 0 Å². The molecule has 1 unspecified atom stereocenters. The predicted molar refractivity (Wildman–Crippen MR) is 107 cm³/mol. The molecule has 27 heavy (non-hydrogen) atoms. The van der Waals surface area contributed by atoms with Crippen molar-refractivity contribution in [2.45, 2.75) is 18.9 Å². The van der Waals surface area contributed by atoms with Crippen LogP contribution in [0, 0.1) is 0 Å². The molecule has 2 N–H and O–H groups in total. The van der Waals surface area contributed by atoms with Crippen LogP contribution in [0.5, 0.6) is 11.5 Å². The summed E-state index contributed by atoms with van der Waals surface area (Å²) in [5.74, 6) is 1.51. The molecule has 0 spiro atoms. The molecular weight excluding hydrogens is 387 g/mol. The van der Waals surface area contributed by atoms with Gasteiger partial charge in [-0.3, -0.25) is 4.79 Å². The van der Waals surface area contributed by atoms with E-state index in [1.54, 1.807) is 32.4 Å². The highest BCUT2D eigenvalue weighted by Crippen LogP contribution is 2.32. The van der Waals surface area contributed by atoms with E-state index in [2.05, 4.69) is 5.32 Å². The number of likely N-dealkylation sites (tertiary alicyclic amines) is 1. The van der Waals surface area contributed by atoms with Gasteiger partial charge in [-0.2, -0.15) is 0 Å². The van der Waals surface area contributed by atoms with Gasteiger partial charge in [0.2, 0.25) is 0 Å². The molecule has 0 aliphatic carbocycles. The Hall–Kier alpha value is -1.95. The van der Waals surface area contributed by atoms with Crippen LogP contribution in [0.1, 0.15) is 24.4 Å². The van der Waals surface area contributed by atoms with E-state index < -0.39 is 0 Å². The zero-order valence-corrected chi connectivity index (χ0v) is 16.9. The maximum atomic E-state index is 12.6. The van der Waals surface area contributed by atoms with Gasteiger partial charge in [-0.25, -0.2) is 0 Å². The molecule has 0 saturated carbocycles. The lowest BCUT2D eigenvalue weighted by Crippen LogP contribution is -3.11. The first-order valence-corrected chi connectivity index (χ1v) is 9.59. The van der Waals surface area contributed by atoms with Crippen molar-refractivity contribution < 1.29 is 19.2 Å². The summed E-state index contributed by atoms with van der Waals surface area (Å²) in [5, 5.41) is 3.64. The first-order chi connectivity index (χ1) is 13.0. The Bertz CT molecular complexity index is 829. The van der Waals surface area contributed by atoms with Crippen molar-refractivity contribution in [3.8, 4) is 11.5 Å². The molecule has 2 atom stereocenters. The van der Waals surface area contributed by atoms with Gasteiger partial charge in [0.15, 0.2) is 6.54 Å². The minimum absolute atomic E-state index is 0.0945. The van der Waals surface area contributed by atoms with E-state index in [1.807, 2.05) is 18.2 Å². The second-order valence-corrected chi connectivity index (χ2v) is 7.32. The Labute approximate surface area is 169 Å². The zero-order chi connectivity index (χ0) is 19.4. The average Bonchev–Trinajstić information content (AvgIpc) is 3.12. The third-order valence-electron chi connectivity index (χ3n) is 4.91. The molecule has 0 bridgehead atoms. The van der Waals surface area contributed by atoms with Gasteiger partial charge in [-0.15, -0.1) is 0 Å². The number of benzene rings is 2. The predicted octanol–water partition coefficient (Wildman–Crippen LogP) is 3.37. The molecule has 2 aromatic rings. The number of methoxy groups -OCH3 is 2. The number of halogens is 2. The van der Waals surface area contributed by atoms with Crippen molar-refractivity contribution in [2.75, 3.05) is 32.6 Å². The van der Waals surface area contributed by atoms with Gasteiger partial charge < -0.3 is 19.7 Å². The fourth-order valence-electron chi connectivity index (χ4n) is 3.61. The van der Waals surface area contributed by atoms with Crippen LogP contribution in [0.4, 0.5) is 5.69 Å². The molecule has 7 heteroatoms. The summed E-state index contributed by atoms with van der Waals surface area (Å²) in [6.07, 6.45) is 2.04. The first-order valence-electron chi connectivity index (χ1n) is 8.84. The van der Waals surface area contributed by atoms with Gasteiger partial charge in [0.25, 0.3) is 5.91 Å². The van der Waals surface area contributed by atoms with Crippen molar-refractivity contribution in [3.63, 3.8) is 0 Å². The lowest BCUT2D eigenvalue weighted by Gasteiger charge is -2.23. The number of carbonyl (C=O) groups excluding carboxylic acids is 1. The van der Waals surface area contributed by atoms with Crippen LogP contribution in [0.2, 0.25) is 10.0 Å². The fourth-order valence-corrected chi connectivity index (χ4v) is 3.96. The molecular formula is C20H23Cl2N2O3+. The summed E-state index contributed by atoms with van der Waals surface area (Å²) in [7, 11) is 3.31. The smallest absolute Gasteiger partial charge is 0.279 e. The van der Waals surface area contributed by atoms with E-state index in [0.29, 0.717) is 22.3 Å². The van der Waals surface area contributed by atoms with Crippen LogP contribution in [-0.2, 0) is 4.79 Å². The summed E-state index contributed by atoms with van der Waals surface area (Å²) < 4.78 is 10.9. The summed E-state index contributed by atoms with van der Waals surface area (Å²) in [4.78, 5) is 13.8. The average molecular weight is 410 g/mol. The van der Waals surface area contributed by atoms with Crippen LogP contribution in [0.25, 0.3) is 0 Å². The second kappa shape index (κ2) is 8.83. The Balaban J connectivity index is 1.75. The highest BCUT2D eigenvalue weighted by Gasteiger charge is 2.34. The van der Waals surface area contributed by atoms with Gasteiger partial charge in [0, 0.05) is 12.8 Å². The monoisotopic (exact) mass is 409 g/mol. The number of ether oxygens (including phenoxy) is 2. The fraction of sp³-hybridized carbons (Fsp3) is 0.350. The number of amides is 1. The van der Waals surface area contributed by atoms with Gasteiger partial charge in [-0.1, -0.05) is 29.3 Å². The molecule has 3 rings (SSSR count).